The van der Waals surface area contributed by atoms with Crippen molar-refractivity contribution in [2.45, 2.75) is 24.6 Å². The highest BCUT2D eigenvalue weighted by Gasteiger charge is 2.53. The zero-order valence-corrected chi connectivity index (χ0v) is 17.5. The van der Waals surface area contributed by atoms with Crippen LogP contribution in [0.1, 0.15) is 30.2 Å². The predicted molar refractivity (Wildman–Crippen MR) is 116 cm³/mol. The molecule has 1 aliphatic heterocycles. The molecule has 1 amide bonds. The molecule has 7 nitrogen and oxygen atoms in total. The van der Waals surface area contributed by atoms with Gasteiger partial charge in [-0.1, -0.05) is 29.8 Å². The fourth-order valence-electron chi connectivity index (χ4n) is 3.74. The number of ether oxygens (including phenoxy) is 2. The summed E-state index contributed by atoms with van der Waals surface area (Å²) in [5.74, 6) is -1.34. The molecule has 2 aliphatic rings. The molecule has 1 fully saturated rings. The van der Waals surface area contributed by atoms with Gasteiger partial charge >= 0.3 is 12.3 Å². The smallest absolute Gasteiger partial charge is 0.478 e. The van der Waals surface area contributed by atoms with Crippen LogP contribution in [0, 0.1) is 0 Å². The van der Waals surface area contributed by atoms with Gasteiger partial charge in [0.1, 0.15) is 5.82 Å². The number of amides is 1. The minimum atomic E-state index is -3.73. The second kappa shape index (κ2) is 7.41. The second-order valence-corrected chi connectivity index (χ2v) is 8.18. The highest BCUT2D eigenvalue weighted by atomic mass is 35.5. The molecule has 1 aliphatic carbocycles. The van der Waals surface area contributed by atoms with Crippen LogP contribution >= 0.6 is 11.6 Å². The van der Waals surface area contributed by atoms with Crippen LogP contribution in [-0.2, 0) is 10.2 Å². The Morgan fingerprint density at radius 1 is 1.03 bits per heavy atom. The molecule has 33 heavy (non-hydrogen) atoms. The molecular weight excluding hydrogens is 458 g/mol. The standard InChI is InChI=1S/C23H15ClF2N2O5.H2/c24-15-6-8-18(27-19(15)12-1-3-13(4-2-12)20(29)30)28-21(31)22(9-10-22)14-5-7-16-17(11-14)33-23(25,26)32-16;/h1-8,11H,9-10H2,(H,29,30)(H,27,28,31);1H. The van der Waals surface area contributed by atoms with E-state index < -0.39 is 17.7 Å². The molecule has 0 radical (unpaired) electrons. The lowest BCUT2D eigenvalue weighted by Crippen LogP contribution is -2.28. The van der Waals surface area contributed by atoms with Gasteiger partial charge in [-0.15, -0.1) is 8.78 Å². The Balaban J connectivity index is 0.00000274. The van der Waals surface area contributed by atoms with Crippen molar-refractivity contribution in [2.24, 2.45) is 0 Å². The van der Waals surface area contributed by atoms with Crippen LogP contribution in [0.4, 0.5) is 14.6 Å². The largest absolute Gasteiger partial charge is 0.586 e. The lowest BCUT2D eigenvalue weighted by Gasteiger charge is -2.16. The first-order valence-electron chi connectivity index (χ1n) is 9.89. The summed E-state index contributed by atoms with van der Waals surface area (Å²) < 4.78 is 35.6. The number of aromatic nitrogens is 1. The van der Waals surface area contributed by atoms with E-state index in [1.54, 1.807) is 30.3 Å². The minimum Gasteiger partial charge on any atom is -0.478 e. The number of carboxylic acids is 1. The Bertz CT molecular complexity index is 1300. The van der Waals surface area contributed by atoms with Gasteiger partial charge in [0, 0.05) is 6.99 Å². The molecule has 0 atom stereocenters. The number of nitrogens with zero attached hydrogens (tertiary/aromatic N) is 1. The van der Waals surface area contributed by atoms with Crippen LogP contribution in [-0.4, -0.2) is 28.3 Å². The van der Waals surface area contributed by atoms with E-state index in [0.717, 1.165) is 0 Å². The number of carbonyl (C=O) groups excluding carboxylic acids is 1. The van der Waals surface area contributed by atoms with Crippen LogP contribution in [0.3, 0.4) is 0 Å². The van der Waals surface area contributed by atoms with Gasteiger partial charge in [-0.05, 0) is 54.8 Å². The number of nitrogens with one attached hydrogen (secondary N) is 1. The quantitative estimate of drug-likeness (QED) is 0.518. The molecular formula is C23H17ClF2N2O5. The summed E-state index contributed by atoms with van der Waals surface area (Å²) in [5, 5.41) is 12.2. The molecule has 5 rings (SSSR count). The summed E-state index contributed by atoms with van der Waals surface area (Å²) >= 11 is 6.27. The Kier molecular flexibility index (Phi) is 4.75. The average Bonchev–Trinajstić information content (AvgIpc) is 3.52. The molecule has 2 aromatic carbocycles. The van der Waals surface area contributed by atoms with E-state index in [0.29, 0.717) is 34.7 Å². The first kappa shape index (κ1) is 21.1. The number of benzene rings is 2. The van der Waals surface area contributed by atoms with Gasteiger partial charge in [0.15, 0.2) is 11.5 Å². The zero-order valence-electron chi connectivity index (χ0n) is 16.8. The fraction of sp³-hybridized carbons (Fsp3) is 0.174. The van der Waals surface area contributed by atoms with Crippen molar-refractivity contribution >= 4 is 29.3 Å². The molecule has 2 N–H and O–H groups in total. The van der Waals surface area contributed by atoms with Gasteiger partial charge < -0.3 is 19.9 Å². The van der Waals surface area contributed by atoms with Crippen molar-refractivity contribution in [2.75, 3.05) is 5.32 Å². The number of aromatic carboxylic acids is 1. The Hall–Kier alpha value is -3.72. The molecule has 1 aromatic heterocycles. The molecule has 0 spiro atoms. The number of fused-ring (bicyclic) bond motifs is 1. The average molecular weight is 475 g/mol. The summed E-state index contributed by atoms with van der Waals surface area (Å²) in [6.07, 6.45) is -2.66. The van der Waals surface area contributed by atoms with Crippen LogP contribution in [0.5, 0.6) is 11.5 Å². The number of carbonyl (C=O) groups is 2. The number of anilines is 1. The van der Waals surface area contributed by atoms with Crippen molar-refractivity contribution < 1.29 is 34.4 Å². The maximum absolute atomic E-state index is 13.3. The van der Waals surface area contributed by atoms with Crippen LogP contribution in [0.15, 0.2) is 54.6 Å². The van der Waals surface area contributed by atoms with Gasteiger partial charge in [-0.25, -0.2) is 9.78 Å². The Morgan fingerprint density at radius 3 is 2.39 bits per heavy atom. The molecule has 10 heteroatoms. The maximum atomic E-state index is 13.3. The molecule has 0 unspecified atom stereocenters. The van der Waals surface area contributed by atoms with Crippen LogP contribution in [0.25, 0.3) is 11.3 Å². The second-order valence-electron chi connectivity index (χ2n) is 7.77. The van der Waals surface area contributed by atoms with E-state index in [-0.39, 0.29) is 30.2 Å². The molecule has 1 saturated carbocycles. The molecule has 170 valence electrons. The zero-order chi connectivity index (χ0) is 23.4. The Labute approximate surface area is 192 Å². The van der Waals surface area contributed by atoms with Crippen molar-refractivity contribution in [3.8, 4) is 22.8 Å². The van der Waals surface area contributed by atoms with Gasteiger partial charge in [0.2, 0.25) is 5.91 Å². The number of rotatable bonds is 5. The SMILES string of the molecule is O=C(O)c1ccc(-c2nc(NC(=O)C3(c4ccc5c(c4)OC(F)(F)O5)CC3)ccc2Cl)cc1.[HH]. The van der Waals surface area contributed by atoms with Crippen LogP contribution < -0.4 is 14.8 Å². The first-order chi connectivity index (χ1) is 15.7. The number of pyridine rings is 1. The number of hydrogen-bond donors (Lipinski definition) is 2. The van der Waals surface area contributed by atoms with E-state index in [1.165, 1.54) is 24.3 Å². The predicted octanol–water partition coefficient (Wildman–Crippen LogP) is 5.34. The first-order valence-corrected chi connectivity index (χ1v) is 10.3. The third kappa shape index (κ3) is 3.84. The third-order valence-corrected chi connectivity index (χ3v) is 5.94. The number of hydrogen-bond acceptors (Lipinski definition) is 5. The van der Waals surface area contributed by atoms with Crippen molar-refractivity contribution in [3.63, 3.8) is 0 Å². The van der Waals surface area contributed by atoms with Crippen molar-refractivity contribution in [1.82, 2.24) is 4.98 Å². The van der Waals surface area contributed by atoms with E-state index >= 15 is 0 Å². The lowest BCUT2D eigenvalue weighted by atomic mass is 9.94. The summed E-state index contributed by atoms with van der Waals surface area (Å²) in [6, 6.07) is 13.5. The van der Waals surface area contributed by atoms with E-state index in [4.69, 9.17) is 16.7 Å². The third-order valence-electron chi connectivity index (χ3n) is 5.63. The summed E-state index contributed by atoms with van der Waals surface area (Å²) in [6.45, 7) is 0. The summed E-state index contributed by atoms with van der Waals surface area (Å²) in [7, 11) is 0. The topological polar surface area (TPSA) is 97.8 Å². The maximum Gasteiger partial charge on any atom is 0.586 e. The van der Waals surface area contributed by atoms with Gasteiger partial charge in [0.25, 0.3) is 0 Å². The lowest BCUT2D eigenvalue weighted by molar-refractivity contribution is -0.286. The minimum absolute atomic E-state index is 0. The fourth-order valence-corrected chi connectivity index (χ4v) is 3.95. The highest BCUT2D eigenvalue weighted by molar-refractivity contribution is 6.33. The molecule has 2 heterocycles. The Morgan fingerprint density at radius 2 is 1.73 bits per heavy atom. The molecule has 3 aromatic rings. The van der Waals surface area contributed by atoms with Gasteiger partial charge in [0.05, 0.1) is 21.7 Å². The van der Waals surface area contributed by atoms with Gasteiger partial charge in [-0.2, -0.15) is 0 Å². The van der Waals surface area contributed by atoms with E-state index in [9.17, 15) is 18.4 Å². The highest BCUT2D eigenvalue weighted by Crippen LogP contribution is 2.52. The monoisotopic (exact) mass is 474 g/mol. The van der Waals surface area contributed by atoms with E-state index in [1.807, 2.05) is 0 Å². The number of alkyl halides is 2. The molecule has 0 saturated heterocycles. The van der Waals surface area contributed by atoms with Gasteiger partial charge in [-0.3, -0.25) is 4.79 Å². The van der Waals surface area contributed by atoms with Crippen molar-refractivity contribution in [1.29, 1.82) is 0 Å². The van der Waals surface area contributed by atoms with Crippen LogP contribution in [0.2, 0.25) is 5.02 Å². The molecule has 0 bridgehead atoms. The normalized spacial score (nSPS) is 16.8. The summed E-state index contributed by atoms with van der Waals surface area (Å²) in [5.41, 5.74) is 0.733. The summed E-state index contributed by atoms with van der Waals surface area (Å²) in [4.78, 5) is 28.6. The number of halogens is 3. The van der Waals surface area contributed by atoms with E-state index in [2.05, 4.69) is 19.8 Å². The van der Waals surface area contributed by atoms with Crippen molar-refractivity contribution in [3.05, 3.63) is 70.7 Å². The number of carboxylic acid groups (broad SMARTS) is 1.